The van der Waals surface area contributed by atoms with Gasteiger partial charge in [-0.15, -0.1) is 0 Å². The Balaban J connectivity index is 1.58. The topological polar surface area (TPSA) is 77.5 Å². The molecular weight excluding hydrogens is 359 g/mol. The van der Waals surface area contributed by atoms with Crippen LogP contribution in [0.25, 0.3) is 10.2 Å². The predicted octanol–water partition coefficient (Wildman–Crippen LogP) is 3.63. The number of esters is 1. The van der Waals surface area contributed by atoms with Crippen LogP contribution in [0.15, 0.2) is 42.5 Å². The molecule has 3 rings (SSSR count). The zero-order valence-electron chi connectivity index (χ0n) is 13.8. The third kappa shape index (κ3) is 4.34. The van der Waals surface area contributed by atoms with E-state index in [1.165, 1.54) is 23.5 Å². The van der Waals surface area contributed by atoms with Gasteiger partial charge in [-0.25, -0.2) is 14.2 Å². The molecule has 1 heterocycles. The second-order valence-electron chi connectivity index (χ2n) is 5.21. The number of nitrogens with one attached hydrogen (secondary N) is 1. The van der Waals surface area contributed by atoms with E-state index in [0.717, 1.165) is 28.1 Å². The zero-order valence-corrected chi connectivity index (χ0v) is 14.6. The van der Waals surface area contributed by atoms with Crippen LogP contribution in [0.5, 0.6) is 5.75 Å². The molecule has 0 saturated heterocycles. The molecule has 0 spiro atoms. The second-order valence-corrected chi connectivity index (χ2v) is 6.24. The largest absolute Gasteiger partial charge is 0.494 e. The summed E-state index contributed by atoms with van der Waals surface area (Å²) in [5.74, 6) is -0.937. The van der Waals surface area contributed by atoms with Gasteiger partial charge in [0.15, 0.2) is 11.7 Å². The van der Waals surface area contributed by atoms with Gasteiger partial charge in [-0.1, -0.05) is 11.3 Å². The van der Waals surface area contributed by atoms with E-state index in [0.29, 0.717) is 11.7 Å². The molecule has 0 saturated carbocycles. The summed E-state index contributed by atoms with van der Waals surface area (Å²) in [5, 5.41) is 2.99. The molecule has 134 valence electrons. The van der Waals surface area contributed by atoms with Crippen LogP contribution in [0.4, 0.5) is 9.52 Å². The Morgan fingerprint density at radius 2 is 1.96 bits per heavy atom. The van der Waals surface area contributed by atoms with Crippen LogP contribution in [-0.2, 0) is 9.53 Å². The fraction of sp³-hybridized carbons (Fsp3) is 0.167. The average Bonchev–Trinajstić information content (AvgIpc) is 3.02. The first kappa shape index (κ1) is 17.8. The lowest BCUT2D eigenvalue weighted by atomic mass is 10.2. The zero-order chi connectivity index (χ0) is 18.5. The van der Waals surface area contributed by atoms with Crippen LogP contribution >= 0.6 is 11.3 Å². The third-order valence-electron chi connectivity index (χ3n) is 3.33. The van der Waals surface area contributed by atoms with Crippen LogP contribution in [0.3, 0.4) is 0 Å². The second kappa shape index (κ2) is 7.92. The van der Waals surface area contributed by atoms with Gasteiger partial charge < -0.3 is 9.47 Å². The molecule has 0 radical (unpaired) electrons. The van der Waals surface area contributed by atoms with Crippen LogP contribution < -0.4 is 10.1 Å². The Kier molecular flexibility index (Phi) is 5.43. The van der Waals surface area contributed by atoms with E-state index in [-0.39, 0.29) is 5.56 Å². The maximum atomic E-state index is 12.8. The first-order chi connectivity index (χ1) is 12.5. The van der Waals surface area contributed by atoms with Crippen molar-refractivity contribution in [2.75, 3.05) is 18.5 Å². The highest BCUT2D eigenvalue weighted by Crippen LogP contribution is 2.29. The number of halogens is 1. The molecule has 1 N–H and O–H groups in total. The van der Waals surface area contributed by atoms with Crippen LogP contribution in [0, 0.1) is 5.82 Å². The number of aromatic nitrogens is 1. The average molecular weight is 374 g/mol. The number of fused-ring (bicyclic) bond motifs is 1. The monoisotopic (exact) mass is 374 g/mol. The van der Waals surface area contributed by atoms with Crippen molar-refractivity contribution in [1.82, 2.24) is 4.98 Å². The molecule has 6 nitrogen and oxygen atoms in total. The highest BCUT2D eigenvalue weighted by atomic mass is 32.1. The SMILES string of the molecule is CCOc1ccc2nc(NC(=O)COC(=O)c3ccc(F)cc3)sc2c1. The van der Waals surface area contributed by atoms with Crippen molar-refractivity contribution in [3.8, 4) is 5.75 Å². The number of thiazole rings is 1. The number of rotatable bonds is 6. The van der Waals surface area contributed by atoms with Gasteiger partial charge in [-0.2, -0.15) is 0 Å². The predicted molar refractivity (Wildman–Crippen MR) is 96.1 cm³/mol. The molecule has 0 atom stereocenters. The van der Waals surface area contributed by atoms with Crippen LogP contribution in [0.2, 0.25) is 0 Å². The lowest BCUT2D eigenvalue weighted by Gasteiger charge is -2.04. The van der Waals surface area contributed by atoms with Crippen molar-refractivity contribution in [2.45, 2.75) is 6.92 Å². The van der Waals surface area contributed by atoms with E-state index in [1.54, 1.807) is 6.07 Å². The van der Waals surface area contributed by atoms with Crippen LogP contribution in [-0.4, -0.2) is 30.1 Å². The number of carbonyl (C=O) groups is 2. The first-order valence-corrected chi connectivity index (χ1v) is 8.62. The number of benzene rings is 2. The highest BCUT2D eigenvalue weighted by Gasteiger charge is 2.12. The number of carbonyl (C=O) groups excluding carboxylic acids is 2. The molecule has 2 aromatic carbocycles. The molecule has 0 aliphatic rings. The number of nitrogens with zero attached hydrogens (tertiary/aromatic N) is 1. The Morgan fingerprint density at radius 1 is 1.19 bits per heavy atom. The Labute approximate surface area is 152 Å². The van der Waals surface area contributed by atoms with E-state index in [4.69, 9.17) is 9.47 Å². The fourth-order valence-electron chi connectivity index (χ4n) is 2.17. The Morgan fingerprint density at radius 3 is 2.69 bits per heavy atom. The molecule has 26 heavy (non-hydrogen) atoms. The summed E-state index contributed by atoms with van der Waals surface area (Å²) in [6, 6.07) is 10.3. The number of hydrogen-bond acceptors (Lipinski definition) is 6. The summed E-state index contributed by atoms with van der Waals surface area (Å²) in [7, 11) is 0. The summed E-state index contributed by atoms with van der Waals surface area (Å²) in [6.07, 6.45) is 0. The number of hydrogen-bond donors (Lipinski definition) is 1. The van der Waals surface area contributed by atoms with E-state index < -0.39 is 24.3 Å². The van der Waals surface area contributed by atoms with E-state index >= 15 is 0 Å². The van der Waals surface area contributed by atoms with E-state index in [9.17, 15) is 14.0 Å². The van der Waals surface area contributed by atoms with E-state index in [1.807, 2.05) is 19.1 Å². The quantitative estimate of drug-likeness (QED) is 0.667. The minimum absolute atomic E-state index is 0.169. The molecule has 0 fully saturated rings. The number of amides is 1. The molecule has 1 aromatic heterocycles. The van der Waals surface area contributed by atoms with Gasteiger partial charge in [0.05, 0.1) is 22.4 Å². The molecule has 0 aliphatic carbocycles. The lowest BCUT2D eigenvalue weighted by molar-refractivity contribution is -0.119. The molecule has 3 aromatic rings. The van der Waals surface area contributed by atoms with Gasteiger partial charge in [-0.3, -0.25) is 10.1 Å². The normalized spacial score (nSPS) is 10.5. The Hall–Kier alpha value is -3.00. The van der Waals surface area contributed by atoms with Gasteiger partial charge >= 0.3 is 5.97 Å². The summed E-state index contributed by atoms with van der Waals surface area (Å²) >= 11 is 1.29. The minimum Gasteiger partial charge on any atom is -0.494 e. The van der Waals surface area contributed by atoms with Crippen LogP contribution in [0.1, 0.15) is 17.3 Å². The van der Waals surface area contributed by atoms with Crippen molar-refractivity contribution < 1.29 is 23.5 Å². The van der Waals surface area contributed by atoms with Crippen molar-refractivity contribution in [3.05, 3.63) is 53.8 Å². The van der Waals surface area contributed by atoms with Crippen molar-refractivity contribution in [3.63, 3.8) is 0 Å². The molecule has 0 bridgehead atoms. The summed E-state index contributed by atoms with van der Waals surface area (Å²) in [6.45, 7) is 2.00. The maximum absolute atomic E-state index is 12.8. The molecule has 0 aliphatic heterocycles. The number of anilines is 1. The molecule has 8 heteroatoms. The first-order valence-electron chi connectivity index (χ1n) is 7.81. The van der Waals surface area contributed by atoms with E-state index in [2.05, 4.69) is 10.3 Å². The van der Waals surface area contributed by atoms with Gasteiger partial charge in [0, 0.05) is 0 Å². The number of ether oxygens (including phenoxy) is 2. The maximum Gasteiger partial charge on any atom is 0.338 e. The standard InChI is InChI=1S/C18H15FN2O4S/c1-2-24-13-7-8-14-15(9-13)26-18(20-14)21-16(22)10-25-17(23)11-3-5-12(19)6-4-11/h3-9H,2,10H2,1H3,(H,20,21,22). The lowest BCUT2D eigenvalue weighted by Crippen LogP contribution is -2.20. The fourth-order valence-corrected chi connectivity index (χ4v) is 3.08. The molecule has 1 amide bonds. The van der Waals surface area contributed by atoms with Gasteiger partial charge in [0.1, 0.15) is 11.6 Å². The van der Waals surface area contributed by atoms with Gasteiger partial charge in [0.2, 0.25) is 0 Å². The smallest absolute Gasteiger partial charge is 0.338 e. The molecule has 0 unspecified atom stereocenters. The summed E-state index contributed by atoms with van der Waals surface area (Å²) in [5.41, 5.74) is 0.903. The highest BCUT2D eigenvalue weighted by molar-refractivity contribution is 7.22. The summed E-state index contributed by atoms with van der Waals surface area (Å²) < 4.78 is 24.0. The van der Waals surface area contributed by atoms with Gasteiger partial charge in [-0.05, 0) is 49.4 Å². The van der Waals surface area contributed by atoms with Crippen molar-refractivity contribution in [1.29, 1.82) is 0 Å². The molecular formula is C18H15FN2O4S. The minimum atomic E-state index is -0.703. The summed E-state index contributed by atoms with van der Waals surface area (Å²) in [4.78, 5) is 28.0. The Bertz CT molecular complexity index is 940. The van der Waals surface area contributed by atoms with Crippen molar-refractivity contribution in [2.24, 2.45) is 0 Å². The van der Waals surface area contributed by atoms with Gasteiger partial charge in [0.25, 0.3) is 5.91 Å². The van der Waals surface area contributed by atoms with Crippen molar-refractivity contribution >= 4 is 38.6 Å². The third-order valence-corrected chi connectivity index (χ3v) is 4.27.